The molecule has 9 nitrogen and oxygen atoms in total. The summed E-state index contributed by atoms with van der Waals surface area (Å²) >= 11 is 0. The number of benzene rings is 7. The molecule has 0 radical (unpaired) electrons. The Balaban J connectivity index is 0.000000344. The molecule has 11 heteroatoms. The zero-order valence-electron chi connectivity index (χ0n) is 42.1. The van der Waals surface area contributed by atoms with Crippen molar-refractivity contribution in [1.29, 1.82) is 0 Å². The average molecular weight is 1200 g/mol. The van der Waals surface area contributed by atoms with Gasteiger partial charge < -0.3 is 14.2 Å². The molecule has 0 aliphatic carbocycles. The number of rotatable bonds is 17. The molecule has 0 amide bonds. The molecule has 0 saturated heterocycles. The van der Waals surface area contributed by atoms with E-state index in [-0.39, 0.29) is 64.6 Å². The van der Waals surface area contributed by atoms with Gasteiger partial charge >= 0.3 is 17.9 Å². The SMILES string of the molecule is COC(=O)Cc1cccc(C(C(=O)OC)C(=O)OC)c1.O=C(C=Cc1ccccc1)C=Cc1ccccc1.O=C(C=Cc1ccccc1)C=Cc1ccccc1.O=C(C=Cc1ccccc1)C=Cc1ccccc1.[Pd].[Pd]. The number of hydrogen-bond donors (Lipinski definition) is 0. The van der Waals surface area contributed by atoms with Gasteiger partial charge in [0.1, 0.15) is 0 Å². The summed E-state index contributed by atoms with van der Waals surface area (Å²) in [4.78, 5) is 69.5. The largest absolute Gasteiger partial charge is 0.469 e. The van der Waals surface area contributed by atoms with E-state index in [4.69, 9.17) is 0 Å². The first kappa shape index (κ1) is 63.8. The van der Waals surface area contributed by atoms with Crippen molar-refractivity contribution in [2.24, 2.45) is 0 Å². The van der Waals surface area contributed by atoms with Crippen LogP contribution < -0.4 is 0 Å². The Morgan fingerprint density at radius 3 is 0.816 bits per heavy atom. The summed E-state index contributed by atoms with van der Waals surface area (Å²) in [6.07, 6.45) is 20.4. The number of methoxy groups -OCH3 is 3. The van der Waals surface area contributed by atoms with Crippen molar-refractivity contribution >= 4 is 71.7 Å². The van der Waals surface area contributed by atoms with Crippen LogP contribution in [0, 0.1) is 0 Å². The number of esters is 3. The molecule has 7 aromatic rings. The van der Waals surface area contributed by atoms with Gasteiger partial charge in [-0.3, -0.25) is 28.8 Å². The van der Waals surface area contributed by atoms with Gasteiger partial charge in [0.15, 0.2) is 23.3 Å². The van der Waals surface area contributed by atoms with Crippen molar-refractivity contribution in [3.63, 3.8) is 0 Å². The van der Waals surface area contributed by atoms with Crippen molar-refractivity contribution < 1.29 is 83.8 Å². The van der Waals surface area contributed by atoms with E-state index in [0.717, 1.165) is 33.4 Å². The topological polar surface area (TPSA) is 130 Å². The van der Waals surface area contributed by atoms with Crippen LogP contribution in [0.1, 0.15) is 50.4 Å². The molecular formula is C65H58O9Pd2. The molecule has 0 heterocycles. The van der Waals surface area contributed by atoms with Crippen molar-refractivity contribution in [2.45, 2.75) is 12.3 Å². The molecule has 0 bridgehead atoms. The van der Waals surface area contributed by atoms with Gasteiger partial charge in [-0.25, -0.2) is 0 Å². The maximum Gasteiger partial charge on any atom is 0.324 e. The number of ketones is 3. The Morgan fingerprint density at radius 2 is 0.592 bits per heavy atom. The first-order valence-corrected chi connectivity index (χ1v) is 23.4. The van der Waals surface area contributed by atoms with E-state index in [1.807, 2.05) is 218 Å². The van der Waals surface area contributed by atoms with E-state index in [1.54, 1.807) is 60.7 Å². The Morgan fingerprint density at radius 1 is 0.342 bits per heavy atom. The maximum atomic E-state index is 11.7. The Kier molecular flexibility index (Phi) is 32.2. The van der Waals surface area contributed by atoms with Crippen LogP contribution in [0.5, 0.6) is 0 Å². The molecule has 0 spiro atoms. The molecule has 0 N–H and O–H groups in total. The van der Waals surface area contributed by atoms with Crippen molar-refractivity contribution in [1.82, 2.24) is 0 Å². The normalized spacial score (nSPS) is 10.5. The van der Waals surface area contributed by atoms with Gasteiger partial charge in [-0.2, -0.15) is 0 Å². The summed E-state index contributed by atoms with van der Waals surface area (Å²) in [6.45, 7) is 0. The maximum absolute atomic E-state index is 11.7. The number of carbonyl (C=O) groups is 6. The monoisotopic (exact) mass is 1190 g/mol. The molecule has 0 aromatic heterocycles. The van der Waals surface area contributed by atoms with Crippen LogP contribution in [0.4, 0.5) is 0 Å². The second kappa shape index (κ2) is 38.3. The summed E-state index contributed by atoms with van der Waals surface area (Å²) < 4.78 is 13.8. The fourth-order valence-electron chi connectivity index (χ4n) is 6.35. The Bertz CT molecular complexity index is 2580. The molecule has 392 valence electrons. The predicted octanol–water partition coefficient (Wildman–Crippen LogP) is 12.8. The van der Waals surface area contributed by atoms with E-state index in [0.29, 0.717) is 11.1 Å². The minimum atomic E-state index is -1.16. The third-order valence-corrected chi connectivity index (χ3v) is 10.2. The van der Waals surface area contributed by atoms with Gasteiger partial charge in [0.25, 0.3) is 0 Å². The minimum absolute atomic E-state index is 0. The van der Waals surface area contributed by atoms with E-state index >= 15 is 0 Å². The quantitative estimate of drug-likeness (QED) is 0.0288. The molecule has 0 fully saturated rings. The molecule has 7 aromatic carbocycles. The Labute approximate surface area is 473 Å². The number of allylic oxidation sites excluding steroid dienone is 6. The second-order valence-corrected chi connectivity index (χ2v) is 15.6. The Hall–Kier alpha value is -8.28. The molecule has 0 unspecified atom stereocenters. The van der Waals surface area contributed by atoms with Gasteiger partial charge in [-0.1, -0.05) is 243 Å². The van der Waals surface area contributed by atoms with E-state index in [9.17, 15) is 28.8 Å². The van der Waals surface area contributed by atoms with Crippen LogP contribution in [-0.2, 0) is 90.2 Å². The van der Waals surface area contributed by atoms with Crippen LogP contribution in [0.25, 0.3) is 36.5 Å². The number of hydrogen-bond acceptors (Lipinski definition) is 9. The molecule has 76 heavy (non-hydrogen) atoms. The first-order chi connectivity index (χ1) is 36.1. The third-order valence-electron chi connectivity index (χ3n) is 10.2. The van der Waals surface area contributed by atoms with Crippen molar-refractivity contribution in [3.05, 3.63) is 287 Å². The standard InChI is InChI=1S/3C17H14O.C14H16O6.2Pd/c3*18-17(13-11-15-7-3-1-4-8-15)14-12-16-9-5-2-6-10-16;1-18-11(15)8-9-5-4-6-10(7-9)12(13(16)19-2)14(17)20-3;;/h3*1-14H;4-7,12H,8H2,1-3H3;;. The fraction of sp³-hybridized carbons (Fsp3) is 0.0769. The van der Waals surface area contributed by atoms with Gasteiger partial charge in [-0.15, -0.1) is 0 Å². The third kappa shape index (κ3) is 26.6. The van der Waals surface area contributed by atoms with Crippen molar-refractivity contribution in [3.8, 4) is 0 Å². The van der Waals surface area contributed by atoms with E-state index < -0.39 is 23.8 Å². The summed E-state index contributed by atoms with van der Waals surface area (Å²) in [5.41, 5.74) is 7.20. The fourth-order valence-corrected chi connectivity index (χ4v) is 6.35. The van der Waals surface area contributed by atoms with E-state index in [1.165, 1.54) is 21.3 Å². The zero-order valence-corrected chi connectivity index (χ0v) is 45.3. The van der Waals surface area contributed by atoms with Gasteiger partial charge in [0, 0.05) is 40.8 Å². The second-order valence-electron chi connectivity index (χ2n) is 15.6. The summed E-state index contributed by atoms with van der Waals surface area (Å²) in [5, 5.41) is 0. The van der Waals surface area contributed by atoms with Crippen LogP contribution in [0.3, 0.4) is 0 Å². The predicted molar refractivity (Wildman–Crippen MR) is 297 cm³/mol. The summed E-state index contributed by atoms with van der Waals surface area (Å²) in [7, 11) is 3.67. The number of ether oxygens (including phenoxy) is 3. The van der Waals surface area contributed by atoms with Gasteiger partial charge in [0.05, 0.1) is 27.8 Å². The molecule has 0 saturated carbocycles. The molecule has 0 atom stereocenters. The van der Waals surface area contributed by atoms with E-state index in [2.05, 4.69) is 14.2 Å². The summed E-state index contributed by atoms with van der Waals surface area (Å²) in [5.74, 6) is -3.04. The number of carbonyl (C=O) groups excluding carboxylic acids is 6. The van der Waals surface area contributed by atoms with Crippen molar-refractivity contribution in [2.75, 3.05) is 21.3 Å². The molecular weight excluding hydrogens is 1140 g/mol. The average Bonchev–Trinajstić information content (AvgIpc) is 3.46. The zero-order chi connectivity index (χ0) is 53.0. The first-order valence-electron chi connectivity index (χ1n) is 23.4. The van der Waals surface area contributed by atoms with Crippen LogP contribution in [0.2, 0.25) is 0 Å². The van der Waals surface area contributed by atoms with Crippen LogP contribution >= 0.6 is 0 Å². The van der Waals surface area contributed by atoms with Gasteiger partial charge in [-0.05, 0) is 81.0 Å². The molecule has 7 rings (SSSR count). The molecule has 0 aliphatic heterocycles. The summed E-state index contributed by atoms with van der Waals surface area (Å²) in [6, 6.07) is 65.2. The molecule has 0 aliphatic rings. The smallest absolute Gasteiger partial charge is 0.324 e. The van der Waals surface area contributed by atoms with Gasteiger partial charge in [0.2, 0.25) is 0 Å². The van der Waals surface area contributed by atoms with Crippen LogP contribution in [-0.4, -0.2) is 56.6 Å². The minimum Gasteiger partial charge on any atom is -0.469 e. The van der Waals surface area contributed by atoms with Crippen LogP contribution in [0.15, 0.2) is 243 Å².